The number of carbonyl (C=O) groups excluding carboxylic acids is 1. The Hall–Kier alpha value is -1.81. The van der Waals surface area contributed by atoms with Crippen molar-refractivity contribution >= 4 is 17.7 Å². The molecule has 1 atom stereocenters. The topological polar surface area (TPSA) is 20.3 Å². The van der Waals surface area contributed by atoms with Crippen molar-refractivity contribution in [2.24, 2.45) is 0 Å². The van der Waals surface area contributed by atoms with E-state index in [4.69, 9.17) is 0 Å². The molecule has 2 heterocycles. The molecule has 1 amide bonds. The van der Waals surface area contributed by atoms with E-state index in [0.717, 1.165) is 22.4 Å². The van der Waals surface area contributed by atoms with Gasteiger partial charge in [-0.25, -0.2) is 4.39 Å². The van der Waals surface area contributed by atoms with Crippen molar-refractivity contribution in [1.29, 1.82) is 0 Å². The van der Waals surface area contributed by atoms with Gasteiger partial charge < -0.3 is 4.90 Å². The van der Waals surface area contributed by atoms with Gasteiger partial charge in [-0.3, -0.25) is 4.79 Å². The molecule has 0 bridgehead atoms. The van der Waals surface area contributed by atoms with Crippen molar-refractivity contribution in [3.8, 4) is 0 Å². The van der Waals surface area contributed by atoms with Crippen molar-refractivity contribution in [2.75, 3.05) is 12.3 Å². The molecule has 0 spiro atoms. The Bertz CT molecular complexity index is 717. The summed E-state index contributed by atoms with van der Waals surface area (Å²) >= 11 is 1.71. The number of fused-ring (bicyclic) bond motifs is 3. The summed E-state index contributed by atoms with van der Waals surface area (Å²) in [6.45, 7) is 0.703. The minimum Gasteiger partial charge on any atom is -0.315 e. The zero-order valence-corrected chi connectivity index (χ0v) is 11.5. The number of benzene rings is 2. The first-order chi connectivity index (χ1) is 9.73. The monoisotopic (exact) mass is 285 g/mol. The first-order valence-corrected chi connectivity index (χ1v) is 7.53. The third-order valence-electron chi connectivity index (χ3n) is 3.99. The minimum atomic E-state index is -0.546. The van der Waals surface area contributed by atoms with Crippen LogP contribution in [0.1, 0.15) is 21.5 Å². The van der Waals surface area contributed by atoms with Crippen LogP contribution in [0, 0.1) is 5.82 Å². The van der Waals surface area contributed by atoms with E-state index in [1.165, 1.54) is 6.07 Å². The summed E-state index contributed by atoms with van der Waals surface area (Å²) in [5, 5.41) is 0. The fourth-order valence-electron chi connectivity index (χ4n) is 3.19. The van der Waals surface area contributed by atoms with E-state index in [0.29, 0.717) is 6.54 Å². The van der Waals surface area contributed by atoms with Crippen LogP contribution in [0.2, 0.25) is 0 Å². The Morgan fingerprint density at radius 2 is 2.00 bits per heavy atom. The Morgan fingerprint density at radius 3 is 2.85 bits per heavy atom. The van der Waals surface area contributed by atoms with Crippen molar-refractivity contribution in [3.05, 3.63) is 71.0 Å². The highest BCUT2D eigenvalue weighted by atomic mass is 32.2. The molecule has 0 aromatic heterocycles. The quantitative estimate of drug-likeness (QED) is 0.802. The number of halogens is 1. The summed E-state index contributed by atoms with van der Waals surface area (Å²) < 4.78 is 13.6. The van der Waals surface area contributed by atoms with E-state index >= 15 is 0 Å². The summed E-state index contributed by atoms with van der Waals surface area (Å²) in [7, 11) is 0. The molecule has 100 valence electrons. The Labute approximate surface area is 120 Å². The summed E-state index contributed by atoms with van der Waals surface area (Å²) in [5.74, 6) is 0.660. The van der Waals surface area contributed by atoms with Crippen molar-refractivity contribution in [2.45, 2.75) is 4.87 Å². The maximum atomic E-state index is 13.6. The lowest BCUT2D eigenvalue weighted by molar-refractivity contribution is 0.0752. The Kier molecular flexibility index (Phi) is 2.45. The van der Waals surface area contributed by atoms with Gasteiger partial charge in [0.1, 0.15) is 10.7 Å². The maximum absolute atomic E-state index is 13.6. The molecule has 2 aromatic rings. The van der Waals surface area contributed by atoms with Crippen molar-refractivity contribution < 1.29 is 9.18 Å². The number of thioether (sulfide) groups is 1. The molecule has 0 unspecified atom stereocenters. The lowest BCUT2D eigenvalue weighted by Gasteiger charge is -2.32. The predicted octanol–water partition coefficient (Wildman–Crippen LogP) is 3.23. The molecule has 0 saturated carbocycles. The zero-order valence-electron chi connectivity index (χ0n) is 10.7. The van der Waals surface area contributed by atoms with Gasteiger partial charge in [-0.15, -0.1) is 11.8 Å². The second-order valence-corrected chi connectivity index (χ2v) is 6.29. The summed E-state index contributed by atoms with van der Waals surface area (Å²) in [4.78, 5) is 13.9. The zero-order chi connectivity index (χ0) is 13.7. The molecule has 1 fully saturated rings. The summed E-state index contributed by atoms with van der Waals surface area (Å²) in [6, 6.07) is 14.3. The smallest absolute Gasteiger partial charge is 0.255 e. The Morgan fingerprint density at radius 1 is 1.15 bits per heavy atom. The molecular formula is C16H12FNOS. The molecular weight excluding hydrogens is 273 g/mol. The van der Waals surface area contributed by atoms with E-state index in [1.54, 1.807) is 23.9 Å². The Balaban J connectivity index is 2.01. The van der Waals surface area contributed by atoms with Gasteiger partial charge in [-0.1, -0.05) is 30.3 Å². The second-order valence-electron chi connectivity index (χ2n) is 5.01. The lowest BCUT2D eigenvalue weighted by atomic mass is 9.97. The van der Waals surface area contributed by atoms with Gasteiger partial charge >= 0.3 is 0 Å². The fraction of sp³-hybridized carbons (Fsp3) is 0.188. The van der Waals surface area contributed by atoms with Gasteiger partial charge in [0.05, 0.1) is 0 Å². The van der Waals surface area contributed by atoms with E-state index < -0.39 is 4.87 Å². The van der Waals surface area contributed by atoms with E-state index in [9.17, 15) is 9.18 Å². The van der Waals surface area contributed by atoms with E-state index in [1.807, 2.05) is 35.2 Å². The minimum absolute atomic E-state index is 0.0508. The van der Waals surface area contributed by atoms with Crippen molar-refractivity contribution in [1.82, 2.24) is 4.90 Å². The molecule has 0 radical (unpaired) electrons. The van der Waals surface area contributed by atoms with Crippen LogP contribution < -0.4 is 0 Å². The van der Waals surface area contributed by atoms with Crippen molar-refractivity contribution in [3.63, 3.8) is 0 Å². The third kappa shape index (κ3) is 1.37. The van der Waals surface area contributed by atoms with Gasteiger partial charge in [0.2, 0.25) is 0 Å². The normalized spacial score (nSPS) is 23.9. The van der Waals surface area contributed by atoms with Crippen LogP contribution in [0.4, 0.5) is 4.39 Å². The number of rotatable bonds is 1. The highest BCUT2D eigenvalue weighted by Crippen LogP contribution is 2.55. The number of hydrogen-bond acceptors (Lipinski definition) is 2. The molecule has 20 heavy (non-hydrogen) atoms. The first-order valence-electron chi connectivity index (χ1n) is 6.55. The average Bonchev–Trinajstić information content (AvgIpc) is 3.00. The van der Waals surface area contributed by atoms with Crippen LogP contribution in [0.15, 0.2) is 48.5 Å². The standard InChI is InChI=1S/C16H12FNOS/c17-12-5-3-4-11(10-12)16-14-7-2-1-6-13(14)15(19)18(16)8-9-20-16/h1-7,10H,8-9H2/t16-/m1/s1. The van der Waals surface area contributed by atoms with Crippen LogP contribution >= 0.6 is 11.8 Å². The number of carbonyl (C=O) groups is 1. The molecule has 2 aliphatic rings. The third-order valence-corrected chi connectivity index (χ3v) is 5.47. The molecule has 2 nitrogen and oxygen atoms in total. The molecule has 0 aliphatic carbocycles. The van der Waals surface area contributed by atoms with Crippen LogP contribution in [-0.4, -0.2) is 23.1 Å². The number of hydrogen-bond donors (Lipinski definition) is 0. The lowest BCUT2D eigenvalue weighted by Crippen LogP contribution is -2.37. The first kappa shape index (κ1) is 12.0. The van der Waals surface area contributed by atoms with Crippen LogP contribution in [0.5, 0.6) is 0 Å². The fourth-order valence-corrected chi connectivity index (χ4v) is 4.72. The molecule has 2 aromatic carbocycles. The number of nitrogens with zero attached hydrogens (tertiary/aromatic N) is 1. The summed E-state index contributed by atoms with van der Waals surface area (Å²) in [6.07, 6.45) is 0. The van der Waals surface area contributed by atoms with E-state index in [2.05, 4.69) is 0 Å². The molecule has 4 rings (SSSR count). The SMILES string of the molecule is O=C1c2ccccc2[C@@]2(c3cccc(F)c3)SCCN12. The average molecular weight is 285 g/mol. The summed E-state index contributed by atoms with van der Waals surface area (Å²) in [5.41, 5.74) is 2.57. The predicted molar refractivity (Wildman–Crippen MR) is 77.1 cm³/mol. The molecule has 1 saturated heterocycles. The van der Waals surface area contributed by atoms with Gasteiger partial charge in [0.25, 0.3) is 5.91 Å². The van der Waals surface area contributed by atoms with Crippen LogP contribution in [0.3, 0.4) is 0 Å². The molecule has 2 aliphatic heterocycles. The highest BCUT2D eigenvalue weighted by Gasteiger charge is 2.54. The van der Waals surface area contributed by atoms with Crippen LogP contribution in [0.25, 0.3) is 0 Å². The largest absolute Gasteiger partial charge is 0.315 e. The molecule has 4 heteroatoms. The van der Waals surface area contributed by atoms with Gasteiger partial charge in [0, 0.05) is 23.4 Å². The molecule has 0 N–H and O–H groups in total. The van der Waals surface area contributed by atoms with Gasteiger partial charge in [-0.05, 0) is 23.8 Å². The second kappa shape index (κ2) is 4.09. The van der Waals surface area contributed by atoms with Gasteiger partial charge in [-0.2, -0.15) is 0 Å². The van der Waals surface area contributed by atoms with E-state index in [-0.39, 0.29) is 11.7 Å². The number of amides is 1. The van der Waals surface area contributed by atoms with Crippen LogP contribution in [-0.2, 0) is 4.87 Å². The highest BCUT2D eigenvalue weighted by molar-refractivity contribution is 8.00. The maximum Gasteiger partial charge on any atom is 0.255 e. The van der Waals surface area contributed by atoms with Gasteiger partial charge in [0.15, 0.2) is 0 Å².